The van der Waals surface area contributed by atoms with Crippen molar-refractivity contribution in [3.8, 4) is 0 Å². The molecule has 2 rings (SSSR count). The fourth-order valence-electron chi connectivity index (χ4n) is 1.21. The summed E-state index contributed by atoms with van der Waals surface area (Å²) in [6.45, 7) is 0. The summed E-state index contributed by atoms with van der Waals surface area (Å²) in [4.78, 5) is 0. The Balaban J connectivity index is 0.000000980. The van der Waals surface area contributed by atoms with E-state index in [-0.39, 0.29) is 31.0 Å². The van der Waals surface area contributed by atoms with Crippen molar-refractivity contribution in [2.75, 3.05) is 5.32 Å². The predicted octanol–water partition coefficient (Wildman–Crippen LogP) is 0.547. The first-order chi connectivity index (χ1) is 6.45. The van der Waals surface area contributed by atoms with Gasteiger partial charge in [-0.3, -0.25) is 0 Å². The van der Waals surface area contributed by atoms with Crippen molar-refractivity contribution in [1.29, 1.82) is 0 Å². The molecule has 0 saturated carbocycles. The van der Waals surface area contributed by atoms with E-state index < -0.39 is 0 Å². The fraction of sp³-hybridized carbons (Fsp3) is 0. The van der Waals surface area contributed by atoms with Crippen molar-refractivity contribution in [2.24, 2.45) is 0 Å². The van der Waals surface area contributed by atoms with Gasteiger partial charge in [-0.1, -0.05) is 36.4 Å². The molecular weight excluding hydrogens is 181 g/mol. The van der Waals surface area contributed by atoms with E-state index in [0.29, 0.717) is 0 Å². The van der Waals surface area contributed by atoms with Gasteiger partial charge >= 0.3 is 29.6 Å². The molecule has 0 aromatic heterocycles. The standard InChI is InChI=1S/C12H11N.Na.H/c1-3-7-11(8-4-1)13-12-9-5-2-6-10-12;;/h1-10,13H;;/q;+1;-1. The predicted molar refractivity (Wildman–Crippen MR) is 57.3 cm³/mol. The number of hydrogen-bond acceptors (Lipinski definition) is 1. The minimum absolute atomic E-state index is 0. The molecule has 0 radical (unpaired) electrons. The van der Waals surface area contributed by atoms with Gasteiger partial charge in [-0.05, 0) is 24.3 Å². The summed E-state index contributed by atoms with van der Waals surface area (Å²) in [5.41, 5.74) is 2.24. The number of anilines is 2. The summed E-state index contributed by atoms with van der Waals surface area (Å²) in [5.74, 6) is 0. The normalized spacial score (nSPS) is 8.86. The van der Waals surface area contributed by atoms with E-state index in [4.69, 9.17) is 0 Å². The van der Waals surface area contributed by atoms with Crippen LogP contribution >= 0.6 is 0 Å². The fourth-order valence-corrected chi connectivity index (χ4v) is 1.21. The second-order valence-electron chi connectivity index (χ2n) is 2.86. The Morgan fingerprint density at radius 1 is 0.643 bits per heavy atom. The summed E-state index contributed by atoms with van der Waals surface area (Å²) < 4.78 is 0. The largest absolute Gasteiger partial charge is 1.00 e. The molecule has 0 aliphatic heterocycles. The van der Waals surface area contributed by atoms with E-state index in [9.17, 15) is 0 Å². The van der Waals surface area contributed by atoms with Crippen LogP contribution < -0.4 is 34.9 Å². The Labute approximate surface area is 108 Å². The molecule has 66 valence electrons. The van der Waals surface area contributed by atoms with Gasteiger partial charge in [0, 0.05) is 11.4 Å². The Bertz CT molecular complexity index is 326. The zero-order valence-electron chi connectivity index (χ0n) is 9.27. The van der Waals surface area contributed by atoms with E-state index in [1.807, 2.05) is 60.7 Å². The van der Waals surface area contributed by atoms with Gasteiger partial charge < -0.3 is 6.74 Å². The average Bonchev–Trinajstić information content (AvgIpc) is 2.21. The molecule has 1 nitrogen and oxygen atoms in total. The van der Waals surface area contributed by atoms with E-state index in [0.717, 1.165) is 11.4 Å². The smallest absolute Gasteiger partial charge is 1.00 e. The second-order valence-corrected chi connectivity index (χ2v) is 2.86. The monoisotopic (exact) mass is 193 g/mol. The zero-order valence-corrected chi connectivity index (χ0v) is 10.3. The van der Waals surface area contributed by atoms with E-state index in [2.05, 4.69) is 5.32 Å². The third kappa shape index (κ3) is 3.18. The minimum atomic E-state index is 0. The van der Waals surface area contributed by atoms with Gasteiger partial charge in [-0.2, -0.15) is 0 Å². The van der Waals surface area contributed by atoms with Gasteiger partial charge in [0.2, 0.25) is 0 Å². The molecule has 0 heterocycles. The van der Waals surface area contributed by atoms with Crippen LogP contribution in [0.5, 0.6) is 0 Å². The van der Waals surface area contributed by atoms with Crippen molar-refractivity contribution in [3.63, 3.8) is 0 Å². The molecule has 2 aromatic carbocycles. The van der Waals surface area contributed by atoms with E-state index in [1.54, 1.807) is 0 Å². The summed E-state index contributed by atoms with van der Waals surface area (Å²) >= 11 is 0. The summed E-state index contributed by atoms with van der Waals surface area (Å²) in [7, 11) is 0. The van der Waals surface area contributed by atoms with E-state index >= 15 is 0 Å². The first-order valence-electron chi connectivity index (χ1n) is 4.32. The topological polar surface area (TPSA) is 12.0 Å². The molecule has 0 atom stereocenters. The van der Waals surface area contributed by atoms with Gasteiger partial charge in [0.1, 0.15) is 0 Å². The third-order valence-electron chi connectivity index (χ3n) is 1.84. The van der Waals surface area contributed by atoms with Crippen LogP contribution in [0.25, 0.3) is 0 Å². The van der Waals surface area contributed by atoms with Crippen molar-refractivity contribution >= 4 is 11.4 Å². The molecule has 1 N–H and O–H groups in total. The molecule has 0 aliphatic rings. The number of nitrogens with one attached hydrogen (secondary N) is 1. The molecule has 0 saturated heterocycles. The summed E-state index contributed by atoms with van der Waals surface area (Å²) in [5, 5.41) is 3.30. The van der Waals surface area contributed by atoms with Crippen molar-refractivity contribution in [3.05, 3.63) is 60.7 Å². The molecule has 0 amide bonds. The number of rotatable bonds is 2. The zero-order chi connectivity index (χ0) is 8.93. The molecule has 14 heavy (non-hydrogen) atoms. The van der Waals surface area contributed by atoms with Crippen molar-refractivity contribution in [2.45, 2.75) is 0 Å². The van der Waals surface area contributed by atoms with E-state index in [1.165, 1.54) is 0 Å². The van der Waals surface area contributed by atoms with Crippen LogP contribution in [0.2, 0.25) is 0 Å². The van der Waals surface area contributed by atoms with Crippen LogP contribution in [0.3, 0.4) is 0 Å². The summed E-state index contributed by atoms with van der Waals surface area (Å²) in [6.07, 6.45) is 0. The van der Waals surface area contributed by atoms with Gasteiger partial charge in [0.05, 0.1) is 0 Å². The SMILES string of the molecule is [H-].[Na+].c1ccc(Nc2ccccc2)cc1. The van der Waals surface area contributed by atoms with Crippen LogP contribution in [0.4, 0.5) is 11.4 Å². The van der Waals surface area contributed by atoms with Crippen LogP contribution in [0.1, 0.15) is 1.43 Å². The van der Waals surface area contributed by atoms with Gasteiger partial charge in [-0.25, -0.2) is 0 Å². The maximum absolute atomic E-state index is 3.30. The quantitative estimate of drug-likeness (QED) is 0.687. The molecular formula is C12H12NNa. The molecule has 0 bridgehead atoms. The van der Waals surface area contributed by atoms with Gasteiger partial charge in [-0.15, -0.1) is 0 Å². The molecule has 2 aromatic rings. The maximum Gasteiger partial charge on any atom is 1.00 e. The Hall–Kier alpha value is -0.760. The van der Waals surface area contributed by atoms with Crippen molar-refractivity contribution < 1.29 is 31.0 Å². The second kappa shape index (κ2) is 5.86. The van der Waals surface area contributed by atoms with Crippen LogP contribution in [0, 0.1) is 0 Å². The van der Waals surface area contributed by atoms with Crippen LogP contribution in [0.15, 0.2) is 60.7 Å². The Morgan fingerprint density at radius 3 is 1.36 bits per heavy atom. The molecule has 0 aliphatic carbocycles. The number of hydrogen-bond donors (Lipinski definition) is 1. The maximum atomic E-state index is 3.30. The van der Waals surface area contributed by atoms with Crippen molar-refractivity contribution in [1.82, 2.24) is 0 Å². The first kappa shape index (κ1) is 11.3. The summed E-state index contributed by atoms with van der Waals surface area (Å²) in [6, 6.07) is 20.3. The molecule has 0 spiro atoms. The Morgan fingerprint density at radius 2 is 1.00 bits per heavy atom. The third-order valence-corrected chi connectivity index (χ3v) is 1.84. The minimum Gasteiger partial charge on any atom is -1.00 e. The van der Waals surface area contributed by atoms with Crippen LogP contribution in [-0.4, -0.2) is 0 Å². The first-order valence-corrected chi connectivity index (χ1v) is 4.32. The van der Waals surface area contributed by atoms with Crippen LogP contribution in [-0.2, 0) is 0 Å². The molecule has 0 fully saturated rings. The Kier molecular flexibility index (Phi) is 4.74. The molecule has 0 unspecified atom stereocenters. The van der Waals surface area contributed by atoms with Gasteiger partial charge in [0.15, 0.2) is 0 Å². The number of benzene rings is 2. The average molecular weight is 193 g/mol. The van der Waals surface area contributed by atoms with Gasteiger partial charge in [0.25, 0.3) is 0 Å². The number of para-hydroxylation sites is 2. The molecule has 2 heteroatoms.